The fraction of sp³-hybridized carbons (Fsp3) is 0.778. The van der Waals surface area contributed by atoms with Crippen LogP contribution in [0, 0.1) is 5.92 Å². The molecule has 2 rings (SSSR count). The first-order valence-corrected chi connectivity index (χ1v) is 9.44. The average molecular weight is 380 g/mol. The molecule has 1 saturated heterocycles. The first-order chi connectivity index (χ1) is 12.6. The topological polar surface area (TPSA) is 118 Å². The standard InChI is InChI=1S/C18H32N6O3/c1-12(2)15(19)16(26)20-10-14(25)24-8-6-23(7-9-24)11-13-21-17(27-22-13)18(3,4)5/h12,15H,6-11,19H2,1-5H3,(H,20,26)/t15-/m0/s1. The van der Waals surface area contributed by atoms with E-state index in [1.807, 2.05) is 34.6 Å². The quantitative estimate of drug-likeness (QED) is 0.719. The van der Waals surface area contributed by atoms with E-state index in [0.717, 1.165) is 13.1 Å². The van der Waals surface area contributed by atoms with Gasteiger partial charge >= 0.3 is 0 Å². The monoisotopic (exact) mass is 380 g/mol. The number of hydrogen-bond donors (Lipinski definition) is 2. The van der Waals surface area contributed by atoms with Gasteiger partial charge in [-0.15, -0.1) is 0 Å². The minimum absolute atomic E-state index is 0.0148. The van der Waals surface area contributed by atoms with Crippen molar-refractivity contribution >= 4 is 11.8 Å². The van der Waals surface area contributed by atoms with E-state index in [9.17, 15) is 9.59 Å². The second-order valence-corrected chi connectivity index (χ2v) is 8.41. The molecular formula is C18H32N6O3. The Morgan fingerprint density at radius 2 is 1.85 bits per heavy atom. The highest BCUT2D eigenvalue weighted by molar-refractivity contribution is 5.87. The van der Waals surface area contributed by atoms with Gasteiger partial charge in [0.1, 0.15) is 0 Å². The molecule has 0 saturated carbocycles. The van der Waals surface area contributed by atoms with E-state index in [0.29, 0.717) is 31.3 Å². The second-order valence-electron chi connectivity index (χ2n) is 8.41. The summed E-state index contributed by atoms with van der Waals surface area (Å²) in [7, 11) is 0. The Hall–Kier alpha value is -2.00. The van der Waals surface area contributed by atoms with Crippen molar-refractivity contribution in [2.75, 3.05) is 32.7 Å². The zero-order chi connectivity index (χ0) is 20.2. The molecule has 0 unspecified atom stereocenters. The summed E-state index contributed by atoms with van der Waals surface area (Å²) >= 11 is 0. The van der Waals surface area contributed by atoms with Gasteiger partial charge in [-0.25, -0.2) is 0 Å². The van der Waals surface area contributed by atoms with Crippen molar-refractivity contribution in [3.05, 3.63) is 11.7 Å². The molecule has 9 nitrogen and oxygen atoms in total. The summed E-state index contributed by atoms with van der Waals surface area (Å²) in [5.41, 5.74) is 5.61. The average Bonchev–Trinajstić information content (AvgIpc) is 3.08. The Morgan fingerprint density at radius 1 is 1.22 bits per heavy atom. The number of rotatable bonds is 6. The Labute approximate surface area is 160 Å². The largest absolute Gasteiger partial charge is 0.346 e. The lowest BCUT2D eigenvalue weighted by Gasteiger charge is -2.34. The molecule has 2 amide bonds. The van der Waals surface area contributed by atoms with Gasteiger partial charge in [0.25, 0.3) is 0 Å². The van der Waals surface area contributed by atoms with Gasteiger partial charge in [-0.2, -0.15) is 4.98 Å². The Balaban J connectivity index is 1.75. The predicted molar refractivity (Wildman–Crippen MR) is 101 cm³/mol. The fourth-order valence-electron chi connectivity index (χ4n) is 2.67. The van der Waals surface area contributed by atoms with Gasteiger partial charge in [0, 0.05) is 31.6 Å². The first-order valence-electron chi connectivity index (χ1n) is 9.44. The van der Waals surface area contributed by atoms with Crippen molar-refractivity contribution in [1.82, 2.24) is 25.3 Å². The molecule has 3 N–H and O–H groups in total. The third kappa shape index (κ3) is 6.00. The van der Waals surface area contributed by atoms with Gasteiger partial charge in [0.15, 0.2) is 5.82 Å². The van der Waals surface area contributed by atoms with Crippen LogP contribution in [0.1, 0.15) is 46.3 Å². The Bertz CT molecular complexity index is 644. The maximum absolute atomic E-state index is 12.3. The predicted octanol–water partition coefficient (Wildman–Crippen LogP) is 0.111. The number of aromatic nitrogens is 2. The van der Waals surface area contributed by atoms with Gasteiger partial charge in [0.05, 0.1) is 19.1 Å². The molecule has 0 bridgehead atoms. The van der Waals surface area contributed by atoms with Gasteiger partial charge in [-0.05, 0) is 5.92 Å². The SMILES string of the molecule is CC(C)[C@H](N)C(=O)NCC(=O)N1CCN(Cc2noc(C(C)(C)C)n2)CC1. The summed E-state index contributed by atoms with van der Waals surface area (Å²) in [5, 5.41) is 6.67. The first kappa shape index (κ1) is 21.3. The highest BCUT2D eigenvalue weighted by atomic mass is 16.5. The van der Waals surface area contributed by atoms with Crippen LogP contribution < -0.4 is 11.1 Å². The lowest BCUT2D eigenvalue weighted by molar-refractivity contribution is -0.134. The molecule has 1 aromatic rings. The van der Waals surface area contributed by atoms with Gasteiger partial charge in [-0.1, -0.05) is 39.8 Å². The van der Waals surface area contributed by atoms with Crippen LogP contribution in [0.25, 0.3) is 0 Å². The third-order valence-electron chi connectivity index (χ3n) is 4.63. The molecule has 9 heteroatoms. The van der Waals surface area contributed by atoms with Crippen LogP contribution in [0.5, 0.6) is 0 Å². The van der Waals surface area contributed by atoms with Gasteiger partial charge in [-0.3, -0.25) is 14.5 Å². The van der Waals surface area contributed by atoms with E-state index >= 15 is 0 Å². The zero-order valence-electron chi connectivity index (χ0n) is 17.0. The summed E-state index contributed by atoms with van der Waals surface area (Å²) < 4.78 is 5.32. The molecule has 1 atom stereocenters. The molecule has 0 spiro atoms. The minimum atomic E-state index is -0.595. The fourth-order valence-corrected chi connectivity index (χ4v) is 2.67. The minimum Gasteiger partial charge on any atom is -0.346 e. The molecule has 2 heterocycles. The third-order valence-corrected chi connectivity index (χ3v) is 4.63. The van der Waals surface area contributed by atoms with Crippen molar-refractivity contribution < 1.29 is 14.1 Å². The van der Waals surface area contributed by atoms with Crippen LogP contribution in [0.2, 0.25) is 0 Å². The van der Waals surface area contributed by atoms with Crippen LogP contribution in [-0.2, 0) is 21.5 Å². The number of nitrogens with one attached hydrogen (secondary N) is 1. The smallest absolute Gasteiger partial charge is 0.242 e. The summed E-state index contributed by atoms with van der Waals surface area (Å²) in [5.74, 6) is 0.946. The van der Waals surface area contributed by atoms with Crippen molar-refractivity contribution in [3.8, 4) is 0 Å². The van der Waals surface area contributed by atoms with Crippen LogP contribution >= 0.6 is 0 Å². The molecule has 1 aliphatic heterocycles. The number of carbonyl (C=O) groups is 2. The lowest BCUT2D eigenvalue weighted by atomic mass is 9.97. The van der Waals surface area contributed by atoms with E-state index in [1.54, 1.807) is 4.90 Å². The maximum Gasteiger partial charge on any atom is 0.242 e. The molecular weight excluding hydrogens is 348 g/mol. The van der Waals surface area contributed by atoms with Gasteiger partial charge < -0.3 is 20.5 Å². The van der Waals surface area contributed by atoms with Gasteiger partial charge in [0.2, 0.25) is 17.7 Å². The number of nitrogens with zero attached hydrogens (tertiary/aromatic N) is 4. The summed E-state index contributed by atoms with van der Waals surface area (Å²) in [4.78, 5) is 32.5. The van der Waals surface area contributed by atoms with E-state index in [-0.39, 0.29) is 29.7 Å². The van der Waals surface area contributed by atoms with Crippen molar-refractivity contribution in [3.63, 3.8) is 0 Å². The molecule has 0 aromatic carbocycles. The van der Waals surface area contributed by atoms with Crippen molar-refractivity contribution in [2.24, 2.45) is 11.7 Å². The molecule has 0 aliphatic carbocycles. The van der Waals surface area contributed by atoms with Crippen molar-refractivity contribution in [1.29, 1.82) is 0 Å². The number of amides is 2. The highest BCUT2D eigenvalue weighted by Crippen LogP contribution is 2.20. The van der Waals surface area contributed by atoms with E-state index in [1.165, 1.54) is 0 Å². The molecule has 27 heavy (non-hydrogen) atoms. The number of piperazine rings is 1. The molecule has 152 valence electrons. The lowest BCUT2D eigenvalue weighted by Crippen LogP contribution is -2.52. The van der Waals surface area contributed by atoms with Crippen molar-refractivity contribution in [2.45, 2.75) is 52.6 Å². The van der Waals surface area contributed by atoms with E-state index in [4.69, 9.17) is 10.3 Å². The van der Waals surface area contributed by atoms with E-state index in [2.05, 4.69) is 20.4 Å². The number of nitrogens with two attached hydrogens (primary N) is 1. The Kier molecular flexibility index (Phi) is 6.94. The molecule has 1 fully saturated rings. The highest BCUT2D eigenvalue weighted by Gasteiger charge is 2.25. The summed E-state index contributed by atoms with van der Waals surface area (Å²) in [6.45, 7) is 13.1. The van der Waals surface area contributed by atoms with Crippen LogP contribution in [0.3, 0.4) is 0 Å². The number of hydrogen-bond acceptors (Lipinski definition) is 7. The normalized spacial score (nSPS) is 17.2. The van der Waals surface area contributed by atoms with E-state index < -0.39 is 6.04 Å². The summed E-state index contributed by atoms with van der Waals surface area (Å²) in [6, 6.07) is -0.595. The second kappa shape index (κ2) is 8.79. The Morgan fingerprint density at radius 3 is 2.37 bits per heavy atom. The van der Waals surface area contributed by atoms with Crippen LogP contribution in [-0.4, -0.2) is 70.5 Å². The van der Waals surface area contributed by atoms with Crippen LogP contribution in [0.4, 0.5) is 0 Å². The zero-order valence-corrected chi connectivity index (χ0v) is 17.0. The summed E-state index contributed by atoms with van der Waals surface area (Å²) in [6.07, 6.45) is 0. The molecule has 1 aromatic heterocycles. The van der Waals surface area contributed by atoms with Crippen LogP contribution in [0.15, 0.2) is 4.52 Å². The molecule has 1 aliphatic rings. The molecule has 0 radical (unpaired) electrons. The number of carbonyl (C=O) groups excluding carboxylic acids is 2. The maximum atomic E-state index is 12.3.